The van der Waals surface area contributed by atoms with Gasteiger partial charge in [-0.1, -0.05) is 6.92 Å². The highest BCUT2D eigenvalue weighted by Crippen LogP contribution is 2.24. The molecule has 98 valence electrons. The predicted octanol–water partition coefficient (Wildman–Crippen LogP) is 1.57. The van der Waals surface area contributed by atoms with Crippen LogP contribution in [0.4, 0.5) is 5.82 Å². The fourth-order valence-corrected chi connectivity index (χ4v) is 2.32. The predicted molar refractivity (Wildman–Crippen MR) is 68.4 cm³/mol. The van der Waals surface area contributed by atoms with Crippen LogP contribution in [0.1, 0.15) is 31.9 Å². The zero-order valence-corrected chi connectivity index (χ0v) is 10.9. The van der Waals surface area contributed by atoms with E-state index in [9.17, 15) is 4.79 Å². The van der Waals surface area contributed by atoms with Gasteiger partial charge in [-0.2, -0.15) is 0 Å². The first-order valence-corrected chi connectivity index (χ1v) is 6.41. The minimum absolute atomic E-state index is 0.175. The monoisotopic (exact) mass is 249 g/mol. The Balaban J connectivity index is 2.24. The van der Waals surface area contributed by atoms with Gasteiger partial charge < -0.3 is 9.64 Å². The molecule has 0 aromatic carbocycles. The largest absolute Gasteiger partial charge is 0.467 e. The lowest BCUT2D eigenvalue weighted by Gasteiger charge is -2.34. The molecular weight excluding hydrogens is 230 g/mol. The topological polar surface area (TPSA) is 55.3 Å². The number of carbonyl (C=O) groups is 1. The maximum atomic E-state index is 11.8. The Kier molecular flexibility index (Phi) is 4.12. The van der Waals surface area contributed by atoms with E-state index >= 15 is 0 Å². The van der Waals surface area contributed by atoms with Crippen LogP contribution in [0.3, 0.4) is 0 Å². The number of hydrogen-bond donors (Lipinski definition) is 0. The number of methoxy groups -OCH3 is 1. The molecule has 2 rings (SSSR count). The lowest BCUT2D eigenvalue weighted by molar-refractivity contribution is -0.142. The number of carbonyl (C=O) groups excluding carboxylic acids is 1. The zero-order chi connectivity index (χ0) is 13.0. The van der Waals surface area contributed by atoms with Crippen molar-refractivity contribution >= 4 is 11.8 Å². The SMILES string of the molecule is CCc1cc(N2CCCCC2C(=O)OC)ncn1. The maximum Gasteiger partial charge on any atom is 0.328 e. The van der Waals surface area contributed by atoms with Crippen molar-refractivity contribution in [3.8, 4) is 0 Å². The summed E-state index contributed by atoms with van der Waals surface area (Å²) in [5.74, 6) is 0.656. The van der Waals surface area contributed by atoms with E-state index in [0.29, 0.717) is 0 Å². The molecule has 0 radical (unpaired) electrons. The molecule has 1 unspecified atom stereocenters. The van der Waals surface area contributed by atoms with Gasteiger partial charge in [0.05, 0.1) is 7.11 Å². The summed E-state index contributed by atoms with van der Waals surface area (Å²) in [5, 5.41) is 0. The number of aryl methyl sites for hydroxylation is 1. The molecule has 0 bridgehead atoms. The lowest BCUT2D eigenvalue weighted by Crippen LogP contribution is -2.45. The molecule has 2 heterocycles. The second-order valence-electron chi connectivity index (χ2n) is 4.45. The highest BCUT2D eigenvalue weighted by atomic mass is 16.5. The molecule has 18 heavy (non-hydrogen) atoms. The summed E-state index contributed by atoms with van der Waals surface area (Å²) in [6, 6.07) is 1.75. The quantitative estimate of drug-likeness (QED) is 0.761. The average molecular weight is 249 g/mol. The summed E-state index contributed by atoms with van der Waals surface area (Å²) in [5.41, 5.74) is 0.995. The highest BCUT2D eigenvalue weighted by molar-refractivity contribution is 5.79. The van der Waals surface area contributed by atoms with Gasteiger partial charge in [0.1, 0.15) is 18.2 Å². The summed E-state index contributed by atoms with van der Waals surface area (Å²) >= 11 is 0. The molecule has 1 aliphatic heterocycles. The molecule has 1 atom stereocenters. The standard InChI is InChI=1S/C13H19N3O2/c1-3-10-8-12(15-9-14-10)16-7-5-4-6-11(16)13(17)18-2/h8-9,11H,3-7H2,1-2H3. The molecule has 0 aliphatic carbocycles. The van der Waals surface area contributed by atoms with Crippen LogP contribution in [0.25, 0.3) is 0 Å². The van der Waals surface area contributed by atoms with E-state index in [0.717, 1.165) is 43.7 Å². The first-order valence-electron chi connectivity index (χ1n) is 6.41. The molecular formula is C13H19N3O2. The van der Waals surface area contributed by atoms with Crippen LogP contribution in [0.15, 0.2) is 12.4 Å². The third-order valence-electron chi connectivity index (χ3n) is 3.34. The first-order chi connectivity index (χ1) is 8.76. The molecule has 0 N–H and O–H groups in total. The van der Waals surface area contributed by atoms with Crippen LogP contribution in [0.2, 0.25) is 0 Å². The summed E-state index contributed by atoms with van der Waals surface area (Å²) in [6.07, 6.45) is 5.41. The molecule has 1 fully saturated rings. The van der Waals surface area contributed by atoms with Crippen molar-refractivity contribution in [1.29, 1.82) is 0 Å². The molecule has 0 spiro atoms. The van der Waals surface area contributed by atoms with E-state index in [1.54, 1.807) is 6.33 Å². The van der Waals surface area contributed by atoms with E-state index in [2.05, 4.69) is 16.9 Å². The molecule has 5 heteroatoms. The molecule has 1 aliphatic rings. The summed E-state index contributed by atoms with van der Waals surface area (Å²) in [4.78, 5) is 22.3. The second-order valence-corrected chi connectivity index (χ2v) is 4.45. The number of anilines is 1. The number of nitrogens with zero attached hydrogens (tertiary/aromatic N) is 3. The van der Waals surface area contributed by atoms with Gasteiger partial charge in [-0.15, -0.1) is 0 Å². The fraction of sp³-hybridized carbons (Fsp3) is 0.615. The number of esters is 1. The molecule has 1 aromatic heterocycles. The first kappa shape index (κ1) is 12.8. The minimum atomic E-state index is -0.205. The summed E-state index contributed by atoms with van der Waals surface area (Å²) in [7, 11) is 1.44. The summed E-state index contributed by atoms with van der Waals surface area (Å²) in [6.45, 7) is 2.90. The third kappa shape index (κ3) is 2.60. The smallest absolute Gasteiger partial charge is 0.328 e. The van der Waals surface area contributed by atoms with E-state index in [-0.39, 0.29) is 12.0 Å². The Morgan fingerprint density at radius 1 is 1.50 bits per heavy atom. The average Bonchev–Trinajstić information content (AvgIpc) is 2.46. The van der Waals surface area contributed by atoms with Crippen molar-refractivity contribution in [2.45, 2.75) is 38.6 Å². The van der Waals surface area contributed by atoms with E-state index in [1.807, 2.05) is 11.0 Å². The van der Waals surface area contributed by atoms with Crippen molar-refractivity contribution in [2.75, 3.05) is 18.6 Å². The fourth-order valence-electron chi connectivity index (χ4n) is 2.32. The number of ether oxygens (including phenoxy) is 1. The number of piperidine rings is 1. The van der Waals surface area contributed by atoms with E-state index in [4.69, 9.17) is 4.74 Å². The van der Waals surface area contributed by atoms with Gasteiger partial charge in [0, 0.05) is 18.3 Å². The molecule has 1 aromatic rings. The number of hydrogen-bond acceptors (Lipinski definition) is 5. The van der Waals surface area contributed by atoms with Gasteiger partial charge in [-0.25, -0.2) is 14.8 Å². The Hall–Kier alpha value is -1.65. The maximum absolute atomic E-state index is 11.8. The van der Waals surface area contributed by atoms with E-state index in [1.165, 1.54) is 7.11 Å². The van der Waals surface area contributed by atoms with Crippen molar-refractivity contribution in [3.63, 3.8) is 0 Å². The normalized spacial score (nSPS) is 19.7. The van der Waals surface area contributed by atoms with E-state index < -0.39 is 0 Å². The molecule has 5 nitrogen and oxygen atoms in total. The molecule has 1 saturated heterocycles. The second kappa shape index (κ2) is 5.80. The van der Waals surface area contributed by atoms with Crippen molar-refractivity contribution < 1.29 is 9.53 Å². The Labute approximate surface area is 107 Å². The Bertz CT molecular complexity index is 422. The molecule has 0 amide bonds. The third-order valence-corrected chi connectivity index (χ3v) is 3.34. The number of aromatic nitrogens is 2. The van der Waals surface area contributed by atoms with Gasteiger partial charge >= 0.3 is 5.97 Å². The van der Waals surface area contributed by atoms with Crippen LogP contribution in [-0.2, 0) is 16.0 Å². The van der Waals surface area contributed by atoms with Crippen LogP contribution < -0.4 is 4.90 Å². The Morgan fingerprint density at radius 2 is 2.33 bits per heavy atom. The highest BCUT2D eigenvalue weighted by Gasteiger charge is 2.30. The van der Waals surface area contributed by atoms with Gasteiger partial charge in [-0.05, 0) is 25.7 Å². The lowest BCUT2D eigenvalue weighted by atomic mass is 10.0. The van der Waals surface area contributed by atoms with Crippen LogP contribution in [0.5, 0.6) is 0 Å². The zero-order valence-electron chi connectivity index (χ0n) is 10.9. The molecule has 0 saturated carbocycles. The van der Waals surface area contributed by atoms with Gasteiger partial charge in [0.2, 0.25) is 0 Å². The van der Waals surface area contributed by atoms with Crippen molar-refractivity contribution in [1.82, 2.24) is 9.97 Å². The van der Waals surface area contributed by atoms with Crippen molar-refractivity contribution in [2.24, 2.45) is 0 Å². The van der Waals surface area contributed by atoms with Crippen LogP contribution in [0, 0.1) is 0 Å². The summed E-state index contributed by atoms with van der Waals surface area (Å²) < 4.78 is 4.87. The van der Waals surface area contributed by atoms with Crippen molar-refractivity contribution in [3.05, 3.63) is 18.1 Å². The Morgan fingerprint density at radius 3 is 3.06 bits per heavy atom. The van der Waals surface area contributed by atoms with Gasteiger partial charge in [0.15, 0.2) is 0 Å². The van der Waals surface area contributed by atoms with Gasteiger partial charge in [-0.3, -0.25) is 0 Å². The number of rotatable bonds is 3. The van der Waals surface area contributed by atoms with Crippen LogP contribution >= 0.6 is 0 Å². The minimum Gasteiger partial charge on any atom is -0.467 e. The van der Waals surface area contributed by atoms with Gasteiger partial charge in [0.25, 0.3) is 0 Å². The van der Waals surface area contributed by atoms with Crippen LogP contribution in [-0.4, -0.2) is 35.6 Å².